The molecule has 0 atom stereocenters. The van der Waals surface area contributed by atoms with Crippen LogP contribution in [-0.4, -0.2) is 5.78 Å². The van der Waals surface area contributed by atoms with Crippen molar-refractivity contribution in [2.75, 3.05) is 0 Å². The van der Waals surface area contributed by atoms with Crippen molar-refractivity contribution in [3.8, 4) is 0 Å². The van der Waals surface area contributed by atoms with Crippen LogP contribution in [0.2, 0.25) is 0 Å². The first-order valence-corrected chi connectivity index (χ1v) is 3.84. The average molecular weight is 175 g/mol. The largest absolute Gasteiger partial charge is 0.295 e. The molecule has 1 aromatic carbocycles. The van der Waals surface area contributed by atoms with Crippen LogP contribution >= 0.6 is 0 Å². The van der Waals surface area contributed by atoms with Gasteiger partial charge >= 0.3 is 0 Å². The maximum Gasteiger partial charge on any atom is 0.152 e. The van der Waals surface area contributed by atoms with Gasteiger partial charge in [0.2, 0.25) is 0 Å². The lowest BCUT2D eigenvalue weighted by molar-refractivity contribution is -0.112. The highest BCUT2D eigenvalue weighted by Crippen LogP contribution is 2.12. The minimum atomic E-state index is -0.00223. The normalized spacial score (nSPS) is 10.2. The molecule has 3 heteroatoms. The molecule has 0 saturated carbocycles. The first kappa shape index (κ1) is 9.32. The molecule has 0 saturated heterocycles. The van der Waals surface area contributed by atoms with Crippen molar-refractivity contribution in [3.05, 3.63) is 40.8 Å². The van der Waals surface area contributed by atoms with Crippen LogP contribution < -0.4 is 0 Å². The lowest BCUT2D eigenvalue weighted by atomic mass is 10.2. The van der Waals surface area contributed by atoms with E-state index in [2.05, 4.69) is 5.18 Å². The van der Waals surface area contributed by atoms with E-state index in [1.807, 2.05) is 0 Å². The number of carbonyl (C=O) groups is 1. The van der Waals surface area contributed by atoms with E-state index >= 15 is 0 Å². The van der Waals surface area contributed by atoms with Gasteiger partial charge in [0.25, 0.3) is 0 Å². The van der Waals surface area contributed by atoms with Gasteiger partial charge in [-0.3, -0.25) is 4.79 Å². The standard InChI is InChI=1S/C10H9NO2/c1-8(12)2-3-9-4-6-10(11-13)7-5-9/h2-7H,1H3/b3-2+. The predicted molar refractivity (Wildman–Crippen MR) is 51.6 cm³/mol. The van der Waals surface area contributed by atoms with Gasteiger partial charge in [0.1, 0.15) is 5.69 Å². The van der Waals surface area contributed by atoms with E-state index < -0.39 is 0 Å². The SMILES string of the molecule is CC(=O)/C=C/c1ccc(N=O)cc1. The highest BCUT2D eigenvalue weighted by atomic mass is 16.3. The van der Waals surface area contributed by atoms with Crippen LogP contribution in [-0.2, 0) is 4.79 Å². The Balaban J connectivity index is 2.80. The van der Waals surface area contributed by atoms with Crippen molar-refractivity contribution in [1.82, 2.24) is 0 Å². The molecule has 1 rings (SSSR count). The second kappa shape index (κ2) is 4.30. The third kappa shape index (κ3) is 2.99. The Kier molecular flexibility index (Phi) is 3.09. The summed E-state index contributed by atoms with van der Waals surface area (Å²) in [5, 5.41) is 2.77. The molecule has 0 bridgehead atoms. The highest BCUT2D eigenvalue weighted by Gasteiger charge is 1.90. The summed E-state index contributed by atoms with van der Waals surface area (Å²) in [6, 6.07) is 6.67. The summed E-state index contributed by atoms with van der Waals surface area (Å²) < 4.78 is 0. The molecule has 66 valence electrons. The van der Waals surface area contributed by atoms with Gasteiger partial charge in [-0.05, 0) is 35.9 Å². The average Bonchev–Trinajstić information content (AvgIpc) is 2.15. The van der Waals surface area contributed by atoms with Gasteiger partial charge in [-0.25, -0.2) is 0 Å². The van der Waals surface area contributed by atoms with E-state index in [-0.39, 0.29) is 5.78 Å². The summed E-state index contributed by atoms with van der Waals surface area (Å²) in [5.74, 6) is -0.00223. The van der Waals surface area contributed by atoms with Crippen LogP contribution in [0.4, 0.5) is 5.69 Å². The zero-order chi connectivity index (χ0) is 9.68. The van der Waals surface area contributed by atoms with E-state index in [0.29, 0.717) is 5.69 Å². The summed E-state index contributed by atoms with van der Waals surface area (Å²) in [6.07, 6.45) is 3.17. The molecule has 0 fully saturated rings. The van der Waals surface area contributed by atoms with Crippen molar-refractivity contribution in [3.63, 3.8) is 0 Å². The van der Waals surface area contributed by atoms with Crippen molar-refractivity contribution in [1.29, 1.82) is 0 Å². The first-order valence-electron chi connectivity index (χ1n) is 3.84. The van der Waals surface area contributed by atoms with Crippen LogP contribution in [0.5, 0.6) is 0 Å². The van der Waals surface area contributed by atoms with E-state index in [4.69, 9.17) is 0 Å². The van der Waals surface area contributed by atoms with E-state index in [9.17, 15) is 9.70 Å². The second-order valence-electron chi connectivity index (χ2n) is 2.63. The van der Waals surface area contributed by atoms with Crippen LogP contribution in [0.25, 0.3) is 6.08 Å². The first-order chi connectivity index (χ1) is 6.22. The number of nitrogens with zero attached hydrogens (tertiary/aromatic N) is 1. The lowest BCUT2D eigenvalue weighted by Gasteiger charge is -1.91. The van der Waals surface area contributed by atoms with Gasteiger partial charge in [-0.2, -0.15) is 0 Å². The van der Waals surface area contributed by atoms with E-state index in [0.717, 1.165) is 5.56 Å². The highest BCUT2D eigenvalue weighted by molar-refractivity contribution is 5.91. The smallest absolute Gasteiger partial charge is 0.152 e. The molecule has 0 heterocycles. The quantitative estimate of drug-likeness (QED) is 0.523. The summed E-state index contributed by atoms with van der Waals surface area (Å²) in [5.41, 5.74) is 1.27. The van der Waals surface area contributed by atoms with Crippen molar-refractivity contribution < 1.29 is 4.79 Å². The van der Waals surface area contributed by atoms with Gasteiger partial charge in [0, 0.05) is 0 Å². The molecular weight excluding hydrogens is 166 g/mol. The summed E-state index contributed by atoms with van der Waals surface area (Å²) >= 11 is 0. The molecule has 0 aliphatic heterocycles. The summed E-state index contributed by atoms with van der Waals surface area (Å²) in [4.78, 5) is 20.6. The van der Waals surface area contributed by atoms with Gasteiger partial charge in [0.15, 0.2) is 5.78 Å². The fraction of sp³-hybridized carbons (Fsp3) is 0.100. The van der Waals surface area contributed by atoms with Crippen molar-refractivity contribution in [2.24, 2.45) is 5.18 Å². The third-order valence-electron chi connectivity index (χ3n) is 1.51. The maximum absolute atomic E-state index is 10.6. The van der Waals surface area contributed by atoms with Crippen molar-refractivity contribution in [2.45, 2.75) is 6.92 Å². The van der Waals surface area contributed by atoms with Crippen molar-refractivity contribution >= 4 is 17.5 Å². The fourth-order valence-electron chi connectivity index (χ4n) is 0.860. The van der Waals surface area contributed by atoms with E-state index in [1.165, 1.54) is 13.0 Å². The molecule has 0 spiro atoms. The number of carbonyl (C=O) groups excluding carboxylic acids is 1. The van der Waals surface area contributed by atoms with Gasteiger partial charge in [-0.15, -0.1) is 4.91 Å². The van der Waals surface area contributed by atoms with Crippen LogP contribution in [0.3, 0.4) is 0 Å². The Morgan fingerprint density at radius 1 is 1.31 bits per heavy atom. The molecule has 0 aliphatic carbocycles. The number of hydrogen-bond donors (Lipinski definition) is 0. The fourth-order valence-corrected chi connectivity index (χ4v) is 0.860. The molecule has 0 aliphatic rings. The Bertz CT molecular complexity index is 338. The van der Waals surface area contributed by atoms with E-state index in [1.54, 1.807) is 30.3 Å². The Labute approximate surface area is 76.1 Å². The number of allylic oxidation sites excluding steroid dienone is 1. The Morgan fingerprint density at radius 3 is 2.38 bits per heavy atom. The number of nitroso groups, excluding NO2 is 1. The zero-order valence-corrected chi connectivity index (χ0v) is 7.23. The van der Waals surface area contributed by atoms with Gasteiger partial charge in [-0.1, -0.05) is 18.2 Å². The summed E-state index contributed by atoms with van der Waals surface area (Å²) in [6.45, 7) is 1.48. The molecular formula is C10H9NO2. The number of hydrogen-bond acceptors (Lipinski definition) is 3. The Morgan fingerprint density at radius 2 is 1.92 bits per heavy atom. The monoisotopic (exact) mass is 175 g/mol. The topological polar surface area (TPSA) is 46.5 Å². The number of rotatable bonds is 3. The molecule has 3 nitrogen and oxygen atoms in total. The molecule has 1 aromatic rings. The molecule has 0 amide bonds. The van der Waals surface area contributed by atoms with Gasteiger partial charge < -0.3 is 0 Å². The third-order valence-corrected chi connectivity index (χ3v) is 1.51. The minimum Gasteiger partial charge on any atom is -0.295 e. The Hall–Kier alpha value is -1.77. The molecule has 13 heavy (non-hydrogen) atoms. The molecule has 0 radical (unpaired) electrons. The number of benzene rings is 1. The molecule has 0 aromatic heterocycles. The minimum absolute atomic E-state index is 0.00223. The lowest BCUT2D eigenvalue weighted by Crippen LogP contribution is -1.79. The summed E-state index contributed by atoms with van der Waals surface area (Å²) in [7, 11) is 0. The van der Waals surface area contributed by atoms with Crippen LogP contribution in [0.15, 0.2) is 35.5 Å². The van der Waals surface area contributed by atoms with Crippen LogP contribution in [0, 0.1) is 4.91 Å². The predicted octanol–water partition coefficient (Wildman–Crippen LogP) is 2.69. The maximum atomic E-state index is 10.6. The van der Waals surface area contributed by atoms with Crippen LogP contribution in [0.1, 0.15) is 12.5 Å². The molecule has 0 N–H and O–H groups in total. The van der Waals surface area contributed by atoms with Gasteiger partial charge in [0.05, 0.1) is 0 Å². The number of ketones is 1. The molecule has 0 unspecified atom stereocenters. The second-order valence-corrected chi connectivity index (χ2v) is 2.63. The zero-order valence-electron chi connectivity index (χ0n) is 7.23.